The van der Waals surface area contributed by atoms with Crippen LogP contribution in [0.2, 0.25) is 0 Å². The van der Waals surface area contributed by atoms with Crippen LogP contribution in [0.1, 0.15) is 329 Å². The average molecular weight is 1150 g/mol. The predicted octanol–water partition coefficient (Wildman–Crippen LogP) is 24.3. The van der Waals surface area contributed by atoms with Crippen LogP contribution in [0, 0.1) is 0 Å². The van der Waals surface area contributed by atoms with Gasteiger partial charge < -0.3 is 14.2 Å². The molecule has 0 aromatic heterocycles. The van der Waals surface area contributed by atoms with E-state index >= 15 is 0 Å². The summed E-state index contributed by atoms with van der Waals surface area (Å²) < 4.78 is 16.9. The minimum atomic E-state index is -0.788. The normalized spacial score (nSPS) is 12.9. The Morgan fingerprint density at radius 3 is 0.735 bits per heavy atom. The lowest BCUT2D eigenvalue weighted by Crippen LogP contribution is -2.30. The second-order valence-corrected chi connectivity index (χ2v) is 23.1. The molecule has 0 bridgehead atoms. The minimum Gasteiger partial charge on any atom is -0.462 e. The van der Waals surface area contributed by atoms with Crippen LogP contribution in [0.15, 0.2) is 122 Å². The second-order valence-electron chi connectivity index (χ2n) is 23.1. The number of hydrogen-bond acceptors (Lipinski definition) is 6. The first-order valence-corrected chi connectivity index (χ1v) is 35.0. The van der Waals surface area contributed by atoms with Crippen LogP contribution in [-0.2, 0) is 28.6 Å². The van der Waals surface area contributed by atoms with Crippen molar-refractivity contribution in [3.8, 4) is 0 Å². The van der Waals surface area contributed by atoms with Gasteiger partial charge in [0.25, 0.3) is 0 Å². The molecule has 83 heavy (non-hydrogen) atoms. The first-order valence-electron chi connectivity index (χ1n) is 35.0. The van der Waals surface area contributed by atoms with Gasteiger partial charge in [0.1, 0.15) is 13.2 Å². The van der Waals surface area contributed by atoms with Gasteiger partial charge in [0.05, 0.1) is 0 Å². The van der Waals surface area contributed by atoms with Gasteiger partial charge in [-0.25, -0.2) is 0 Å². The number of carbonyl (C=O) groups is 3. The summed E-state index contributed by atoms with van der Waals surface area (Å²) in [6, 6.07) is 0. The van der Waals surface area contributed by atoms with Gasteiger partial charge in [-0.05, 0) is 96.3 Å². The quantitative estimate of drug-likeness (QED) is 0.0261. The van der Waals surface area contributed by atoms with Crippen molar-refractivity contribution in [1.82, 2.24) is 0 Å². The van der Waals surface area contributed by atoms with E-state index < -0.39 is 6.10 Å². The Hall–Kier alpha value is -4.19. The van der Waals surface area contributed by atoms with Crippen molar-refractivity contribution in [3.05, 3.63) is 122 Å². The standard InChI is InChI=1S/C77H130O6/c1-4-7-10-13-16-19-22-24-26-28-30-31-32-33-34-35-36-37-38-39-40-41-42-43-44-45-47-48-50-52-55-58-61-64-67-70-76(79)82-73-74(72-81-75(78)69-66-63-60-57-54-21-18-15-12-9-6-3)83-77(80)71-68-65-62-59-56-53-51-49-46-29-27-25-23-20-17-14-11-8-5-2/h7,10,16,19,24,26,30-31,33-34,36-37,39-40,42-43,45,47,50,52,74H,4-6,8-9,11-15,17-18,20-23,25,27-29,32,35,38,41,44,46,48-49,51,53-73H2,1-3H3/b10-7-,19-16-,26-24-,31-30-,34-33-,37-36-,40-39-,43-42-,47-45-,52-50-. The molecule has 0 rings (SSSR count). The molecule has 0 aliphatic rings. The molecule has 0 aromatic rings. The second kappa shape index (κ2) is 70.3. The topological polar surface area (TPSA) is 78.9 Å². The van der Waals surface area contributed by atoms with Crippen LogP contribution in [0.3, 0.4) is 0 Å². The lowest BCUT2D eigenvalue weighted by molar-refractivity contribution is -0.167. The van der Waals surface area contributed by atoms with E-state index in [4.69, 9.17) is 14.2 Å². The zero-order valence-electron chi connectivity index (χ0n) is 54.4. The fourth-order valence-electron chi connectivity index (χ4n) is 9.77. The Morgan fingerprint density at radius 1 is 0.253 bits per heavy atom. The van der Waals surface area contributed by atoms with Crippen LogP contribution >= 0.6 is 0 Å². The molecule has 0 heterocycles. The molecule has 1 atom stereocenters. The fourth-order valence-corrected chi connectivity index (χ4v) is 9.77. The van der Waals surface area contributed by atoms with E-state index in [-0.39, 0.29) is 31.1 Å². The Kier molecular flexibility index (Phi) is 66.7. The molecule has 0 amide bonds. The van der Waals surface area contributed by atoms with Crippen LogP contribution in [-0.4, -0.2) is 37.2 Å². The summed E-state index contributed by atoms with van der Waals surface area (Å²) in [7, 11) is 0. The molecular formula is C77H130O6. The monoisotopic (exact) mass is 1150 g/mol. The van der Waals surface area contributed by atoms with E-state index in [1.165, 1.54) is 154 Å². The van der Waals surface area contributed by atoms with Gasteiger partial charge in [0.2, 0.25) is 0 Å². The minimum absolute atomic E-state index is 0.0828. The summed E-state index contributed by atoms with van der Waals surface area (Å²) >= 11 is 0. The third-order valence-corrected chi connectivity index (χ3v) is 15.0. The molecule has 0 aliphatic heterocycles. The maximum Gasteiger partial charge on any atom is 0.306 e. The van der Waals surface area contributed by atoms with Crippen LogP contribution in [0.5, 0.6) is 0 Å². The highest BCUT2D eigenvalue weighted by atomic mass is 16.6. The van der Waals surface area contributed by atoms with Crippen molar-refractivity contribution in [2.24, 2.45) is 0 Å². The predicted molar refractivity (Wildman–Crippen MR) is 362 cm³/mol. The molecule has 0 saturated carbocycles. The van der Waals surface area contributed by atoms with E-state index in [0.717, 1.165) is 135 Å². The first kappa shape index (κ1) is 78.8. The summed E-state index contributed by atoms with van der Waals surface area (Å²) in [5.74, 6) is -0.897. The highest BCUT2D eigenvalue weighted by molar-refractivity contribution is 5.71. The number of esters is 3. The van der Waals surface area contributed by atoms with Crippen LogP contribution < -0.4 is 0 Å². The van der Waals surface area contributed by atoms with Crippen molar-refractivity contribution in [1.29, 1.82) is 0 Å². The van der Waals surface area contributed by atoms with Gasteiger partial charge in [-0.1, -0.05) is 335 Å². The molecule has 0 N–H and O–H groups in total. The van der Waals surface area contributed by atoms with E-state index in [2.05, 4.69) is 142 Å². The zero-order chi connectivity index (χ0) is 59.9. The van der Waals surface area contributed by atoms with Crippen molar-refractivity contribution >= 4 is 17.9 Å². The summed E-state index contributed by atoms with van der Waals surface area (Å²) in [5.41, 5.74) is 0. The van der Waals surface area contributed by atoms with Gasteiger partial charge in [-0.15, -0.1) is 0 Å². The van der Waals surface area contributed by atoms with E-state index in [1.54, 1.807) is 0 Å². The van der Waals surface area contributed by atoms with E-state index in [0.29, 0.717) is 19.3 Å². The molecule has 1 unspecified atom stereocenters. The van der Waals surface area contributed by atoms with Crippen molar-refractivity contribution in [3.63, 3.8) is 0 Å². The van der Waals surface area contributed by atoms with Crippen molar-refractivity contribution in [2.75, 3.05) is 13.2 Å². The Morgan fingerprint density at radius 2 is 0.470 bits per heavy atom. The molecule has 0 aromatic carbocycles. The lowest BCUT2D eigenvalue weighted by atomic mass is 10.0. The SMILES string of the molecule is CC/C=C\C/C=C\C/C=C\C/C=C\C/C=C\C/C=C\C/C=C\C/C=C\C/C=C\C/C=C\CCCCCCC(=O)OCC(COC(=O)CCCCCCCCCCCCC)OC(=O)CCCCCCCCCCCCCCCCCCCCC. The average Bonchev–Trinajstić information content (AvgIpc) is 3.48. The smallest absolute Gasteiger partial charge is 0.306 e. The molecule has 6 heteroatoms. The number of carbonyl (C=O) groups excluding carboxylic acids is 3. The molecule has 0 radical (unpaired) electrons. The maximum atomic E-state index is 12.9. The molecule has 0 saturated heterocycles. The summed E-state index contributed by atoms with van der Waals surface area (Å²) in [4.78, 5) is 38.3. The van der Waals surface area contributed by atoms with Gasteiger partial charge in [0.15, 0.2) is 6.10 Å². The third-order valence-electron chi connectivity index (χ3n) is 15.0. The molecule has 0 aliphatic carbocycles. The molecule has 0 spiro atoms. The van der Waals surface area contributed by atoms with E-state index in [1.807, 2.05) is 0 Å². The summed E-state index contributed by atoms with van der Waals surface area (Å²) in [6.07, 6.45) is 98.0. The van der Waals surface area contributed by atoms with E-state index in [9.17, 15) is 14.4 Å². The number of unbranched alkanes of at least 4 members (excludes halogenated alkanes) is 32. The van der Waals surface area contributed by atoms with Gasteiger partial charge in [-0.2, -0.15) is 0 Å². The Labute approximate surface area is 513 Å². The summed E-state index contributed by atoms with van der Waals surface area (Å²) in [5, 5.41) is 0. The summed E-state index contributed by atoms with van der Waals surface area (Å²) in [6.45, 7) is 6.53. The number of hydrogen-bond donors (Lipinski definition) is 0. The third kappa shape index (κ3) is 68.5. The zero-order valence-corrected chi connectivity index (χ0v) is 54.4. The molecule has 0 fully saturated rings. The number of allylic oxidation sites excluding steroid dienone is 20. The van der Waals surface area contributed by atoms with Gasteiger partial charge in [-0.3, -0.25) is 14.4 Å². The largest absolute Gasteiger partial charge is 0.462 e. The Bertz CT molecular complexity index is 1700. The van der Waals surface area contributed by atoms with Gasteiger partial charge in [0, 0.05) is 19.3 Å². The molecule has 474 valence electrons. The van der Waals surface area contributed by atoms with Crippen LogP contribution in [0.4, 0.5) is 0 Å². The Balaban J connectivity index is 4.28. The fraction of sp³-hybridized carbons (Fsp3) is 0.701. The lowest BCUT2D eigenvalue weighted by Gasteiger charge is -2.18. The molecule has 6 nitrogen and oxygen atoms in total. The maximum absolute atomic E-state index is 12.9. The van der Waals surface area contributed by atoms with Crippen LogP contribution in [0.25, 0.3) is 0 Å². The number of rotatable bonds is 63. The molecular weight excluding hydrogens is 1020 g/mol. The number of ether oxygens (including phenoxy) is 3. The first-order chi connectivity index (χ1) is 41.0. The highest BCUT2D eigenvalue weighted by Crippen LogP contribution is 2.17. The van der Waals surface area contributed by atoms with Crippen molar-refractivity contribution in [2.45, 2.75) is 335 Å². The highest BCUT2D eigenvalue weighted by Gasteiger charge is 2.19. The van der Waals surface area contributed by atoms with Crippen molar-refractivity contribution < 1.29 is 28.6 Å². The van der Waals surface area contributed by atoms with Gasteiger partial charge >= 0.3 is 17.9 Å².